The van der Waals surface area contributed by atoms with Crippen LogP contribution in [0.4, 0.5) is 0 Å². The Labute approximate surface area is 145 Å². The molecule has 2 aromatic carbocycles. The van der Waals surface area contributed by atoms with E-state index in [1.54, 1.807) is 0 Å². The fourth-order valence-corrected chi connectivity index (χ4v) is 8.33. The predicted octanol–water partition coefficient (Wildman–Crippen LogP) is 4.99. The molecule has 0 amide bonds. The Morgan fingerprint density at radius 3 is 1.83 bits per heavy atom. The van der Waals surface area contributed by atoms with Crippen molar-refractivity contribution in [3.63, 3.8) is 0 Å². The fraction of sp³-hybridized carbons (Fsp3) is 0.364. The second-order valence-electron chi connectivity index (χ2n) is 7.96. The highest BCUT2D eigenvalue weighted by molar-refractivity contribution is 7.79. The normalized spacial score (nSPS) is 28.2. The molecule has 0 aromatic heterocycles. The first-order valence-corrected chi connectivity index (χ1v) is 10.6. The lowest BCUT2D eigenvalue weighted by molar-refractivity contribution is -0.0258. The summed E-state index contributed by atoms with van der Waals surface area (Å²) in [7, 11) is -2.72. The van der Waals surface area contributed by atoms with Crippen LogP contribution in [-0.2, 0) is 4.57 Å². The van der Waals surface area contributed by atoms with E-state index >= 15 is 0 Å². The van der Waals surface area contributed by atoms with E-state index in [2.05, 4.69) is 20.4 Å². The van der Waals surface area contributed by atoms with Gasteiger partial charge in [-0.3, -0.25) is 0 Å². The molecule has 0 saturated heterocycles. The molecule has 2 unspecified atom stereocenters. The molecule has 3 fully saturated rings. The Morgan fingerprint density at radius 2 is 1.42 bits per heavy atom. The van der Waals surface area contributed by atoms with Gasteiger partial charge in [-0.25, -0.2) is 0 Å². The molecule has 2 aromatic rings. The van der Waals surface area contributed by atoms with Crippen molar-refractivity contribution in [3.05, 3.63) is 72.8 Å². The van der Waals surface area contributed by atoms with Crippen LogP contribution in [0.15, 0.2) is 72.8 Å². The summed E-state index contributed by atoms with van der Waals surface area (Å²) in [6, 6.07) is 20.1. The summed E-state index contributed by atoms with van der Waals surface area (Å²) in [5.41, 5.74) is 1.63. The second kappa shape index (κ2) is 5.46. The SMILES string of the molecule is C=C1C2CC(C[C@H]1P(=O)(c1ccccc1)c1ccccc1)C2(C)C. The van der Waals surface area contributed by atoms with Crippen molar-refractivity contribution >= 4 is 17.8 Å². The highest BCUT2D eigenvalue weighted by Crippen LogP contribution is 2.68. The van der Waals surface area contributed by atoms with E-state index in [0.717, 1.165) is 17.0 Å². The molecule has 3 atom stereocenters. The lowest BCUT2D eigenvalue weighted by Crippen LogP contribution is -2.54. The van der Waals surface area contributed by atoms with Gasteiger partial charge in [-0.2, -0.15) is 0 Å². The largest absolute Gasteiger partial charge is 0.313 e. The van der Waals surface area contributed by atoms with E-state index in [-0.39, 0.29) is 5.66 Å². The van der Waals surface area contributed by atoms with Crippen molar-refractivity contribution in [2.75, 3.05) is 0 Å². The quantitative estimate of drug-likeness (QED) is 0.570. The maximum absolute atomic E-state index is 14.5. The maximum Gasteiger partial charge on any atom is 0.150 e. The average Bonchev–Trinajstić information content (AvgIpc) is 2.62. The molecule has 0 N–H and O–H groups in total. The molecule has 24 heavy (non-hydrogen) atoms. The van der Waals surface area contributed by atoms with Crippen molar-refractivity contribution in [2.24, 2.45) is 17.3 Å². The van der Waals surface area contributed by atoms with E-state index in [9.17, 15) is 4.57 Å². The molecule has 3 aliphatic rings. The lowest BCUT2D eigenvalue weighted by Gasteiger charge is -2.60. The van der Waals surface area contributed by atoms with E-state index in [1.165, 1.54) is 12.0 Å². The minimum absolute atomic E-state index is 0.0825. The zero-order chi connectivity index (χ0) is 16.9. The van der Waals surface area contributed by atoms with Crippen molar-refractivity contribution in [1.29, 1.82) is 0 Å². The first-order chi connectivity index (χ1) is 11.5. The van der Waals surface area contributed by atoms with Gasteiger partial charge in [0, 0.05) is 16.3 Å². The number of allylic oxidation sites excluding steroid dienone is 1. The average molecular weight is 336 g/mol. The molecule has 2 bridgehead atoms. The van der Waals surface area contributed by atoms with Crippen LogP contribution in [0.1, 0.15) is 26.7 Å². The third-order valence-corrected chi connectivity index (χ3v) is 10.1. The molecule has 0 radical (unpaired) electrons. The molecule has 0 heterocycles. The zero-order valence-corrected chi connectivity index (χ0v) is 15.4. The van der Waals surface area contributed by atoms with Gasteiger partial charge in [0.05, 0.1) is 0 Å². The molecular weight excluding hydrogens is 311 g/mol. The van der Waals surface area contributed by atoms with Gasteiger partial charge >= 0.3 is 0 Å². The third-order valence-electron chi connectivity index (χ3n) is 6.57. The van der Waals surface area contributed by atoms with Crippen LogP contribution in [-0.4, -0.2) is 5.66 Å². The van der Waals surface area contributed by atoms with Gasteiger partial charge in [0.2, 0.25) is 0 Å². The smallest absolute Gasteiger partial charge is 0.150 e. The second-order valence-corrected chi connectivity index (χ2v) is 10.9. The van der Waals surface area contributed by atoms with Gasteiger partial charge in [0.25, 0.3) is 0 Å². The monoisotopic (exact) mass is 336 g/mol. The van der Waals surface area contributed by atoms with Crippen LogP contribution in [0.5, 0.6) is 0 Å². The Bertz CT molecular complexity index is 763. The van der Waals surface area contributed by atoms with Gasteiger partial charge in [0.1, 0.15) is 7.14 Å². The summed E-state index contributed by atoms with van der Waals surface area (Å²) >= 11 is 0. The molecule has 0 spiro atoms. The number of hydrogen-bond acceptors (Lipinski definition) is 1. The van der Waals surface area contributed by atoms with Gasteiger partial charge in [-0.05, 0) is 30.1 Å². The van der Waals surface area contributed by atoms with Crippen molar-refractivity contribution < 1.29 is 4.57 Å². The standard InChI is InChI=1S/C22H25OP/c1-16-20-14-17(22(20,2)3)15-21(16)24(23,18-10-6-4-7-11-18)19-12-8-5-9-13-19/h4-13,17,20-21H,1,14-15H2,2-3H3/t17?,20?,21-/m1/s1. The number of benzene rings is 2. The Morgan fingerprint density at radius 1 is 0.917 bits per heavy atom. The summed E-state index contributed by atoms with van der Waals surface area (Å²) in [6.07, 6.45) is 2.23. The molecular formula is C22H25OP. The lowest BCUT2D eigenvalue weighted by atomic mass is 9.47. The van der Waals surface area contributed by atoms with E-state index in [1.807, 2.05) is 60.7 Å². The van der Waals surface area contributed by atoms with Crippen LogP contribution in [0, 0.1) is 17.3 Å². The first kappa shape index (κ1) is 15.9. The van der Waals surface area contributed by atoms with Crippen LogP contribution >= 0.6 is 7.14 Å². The fourth-order valence-electron chi connectivity index (χ4n) is 4.89. The maximum atomic E-state index is 14.5. The molecule has 0 aliphatic heterocycles. The van der Waals surface area contributed by atoms with E-state index < -0.39 is 7.14 Å². The topological polar surface area (TPSA) is 17.1 Å². The zero-order valence-electron chi connectivity index (χ0n) is 14.5. The highest BCUT2D eigenvalue weighted by atomic mass is 31.2. The Kier molecular flexibility index (Phi) is 3.62. The van der Waals surface area contributed by atoms with Crippen molar-refractivity contribution in [3.8, 4) is 0 Å². The van der Waals surface area contributed by atoms with Gasteiger partial charge in [-0.1, -0.05) is 86.7 Å². The first-order valence-electron chi connectivity index (χ1n) is 8.85. The minimum Gasteiger partial charge on any atom is -0.313 e. The van der Waals surface area contributed by atoms with Crippen molar-refractivity contribution in [2.45, 2.75) is 32.3 Å². The third kappa shape index (κ3) is 2.11. The molecule has 2 heteroatoms. The van der Waals surface area contributed by atoms with E-state index in [4.69, 9.17) is 0 Å². The summed E-state index contributed by atoms with van der Waals surface area (Å²) in [5, 5.41) is 1.95. The van der Waals surface area contributed by atoms with Crippen LogP contribution < -0.4 is 10.6 Å². The molecule has 5 rings (SSSR count). The summed E-state index contributed by atoms with van der Waals surface area (Å²) in [4.78, 5) is 0. The van der Waals surface area contributed by atoms with Crippen molar-refractivity contribution in [1.82, 2.24) is 0 Å². The molecule has 1 nitrogen and oxygen atoms in total. The number of fused-ring (bicyclic) bond motifs is 2. The van der Waals surface area contributed by atoms with Crippen LogP contribution in [0.3, 0.4) is 0 Å². The number of hydrogen-bond donors (Lipinski definition) is 0. The minimum atomic E-state index is -2.72. The Balaban J connectivity index is 1.84. The Hall–Kier alpha value is -1.59. The predicted molar refractivity (Wildman–Crippen MR) is 103 cm³/mol. The molecule has 124 valence electrons. The summed E-state index contributed by atoms with van der Waals surface area (Å²) < 4.78 is 14.5. The highest BCUT2D eigenvalue weighted by Gasteiger charge is 2.58. The summed E-state index contributed by atoms with van der Waals surface area (Å²) in [5.74, 6) is 1.18. The van der Waals surface area contributed by atoms with Gasteiger partial charge < -0.3 is 4.57 Å². The van der Waals surface area contributed by atoms with Crippen LogP contribution in [0.2, 0.25) is 0 Å². The van der Waals surface area contributed by atoms with E-state index in [0.29, 0.717) is 17.3 Å². The van der Waals surface area contributed by atoms with Gasteiger partial charge in [-0.15, -0.1) is 0 Å². The molecule has 3 saturated carbocycles. The number of rotatable bonds is 3. The van der Waals surface area contributed by atoms with Crippen LogP contribution in [0.25, 0.3) is 0 Å². The summed E-state index contributed by atoms with van der Waals surface area (Å²) in [6.45, 7) is 9.16. The molecule has 3 aliphatic carbocycles. The van der Waals surface area contributed by atoms with Gasteiger partial charge in [0.15, 0.2) is 0 Å².